The van der Waals surface area contributed by atoms with Gasteiger partial charge < -0.3 is 9.73 Å². The molecule has 1 unspecified atom stereocenters. The van der Waals surface area contributed by atoms with E-state index in [2.05, 4.69) is 5.32 Å². The summed E-state index contributed by atoms with van der Waals surface area (Å²) in [4.78, 5) is 0. The lowest BCUT2D eigenvalue weighted by Gasteiger charge is -2.17. The lowest BCUT2D eigenvalue weighted by Crippen LogP contribution is -2.23. The molecule has 1 heterocycles. The second-order valence-corrected chi connectivity index (χ2v) is 4.12. The predicted octanol–water partition coefficient (Wildman–Crippen LogP) is 3.57. The summed E-state index contributed by atoms with van der Waals surface area (Å²) < 4.78 is 32.5. The summed E-state index contributed by atoms with van der Waals surface area (Å²) in [5.74, 6) is -0.294. The van der Waals surface area contributed by atoms with Crippen LogP contribution in [0.5, 0.6) is 0 Å². The number of aryl methyl sites for hydroxylation is 1. The number of hydrogen-bond donors (Lipinski definition) is 1. The zero-order chi connectivity index (χ0) is 13.1. The first-order chi connectivity index (χ1) is 8.63. The van der Waals surface area contributed by atoms with Crippen LogP contribution < -0.4 is 5.32 Å². The fraction of sp³-hybridized carbons (Fsp3) is 0.286. The largest absolute Gasteiger partial charge is 0.467 e. The molecule has 1 N–H and O–H groups in total. The Kier molecular flexibility index (Phi) is 3.77. The third-order valence-electron chi connectivity index (χ3n) is 2.84. The Hall–Kier alpha value is -1.68. The highest BCUT2D eigenvalue weighted by atomic mass is 19.1. The van der Waals surface area contributed by atoms with Crippen LogP contribution in [0.2, 0.25) is 0 Å². The quantitative estimate of drug-likeness (QED) is 0.898. The minimum absolute atomic E-state index is 0.259. The summed E-state index contributed by atoms with van der Waals surface area (Å²) in [6.07, 6.45) is 1.55. The first-order valence-corrected chi connectivity index (χ1v) is 5.85. The zero-order valence-corrected chi connectivity index (χ0v) is 10.3. The van der Waals surface area contributed by atoms with E-state index in [1.54, 1.807) is 12.3 Å². The first kappa shape index (κ1) is 12.8. The summed E-state index contributed by atoms with van der Waals surface area (Å²) >= 11 is 0. The van der Waals surface area contributed by atoms with Gasteiger partial charge in [-0.3, -0.25) is 0 Å². The van der Waals surface area contributed by atoms with E-state index in [4.69, 9.17) is 4.42 Å². The molecule has 0 aliphatic heterocycles. The molecule has 4 heteroatoms. The Balaban J connectivity index is 2.48. The average Bonchev–Trinajstić information content (AvgIpc) is 2.76. The fourth-order valence-corrected chi connectivity index (χ4v) is 1.96. The van der Waals surface area contributed by atoms with Gasteiger partial charge in [-0.15, -0.1) is 0 Å². The van der Waals surface area contributed by atoms with Crippen molar-refractivity contribution in [3.05, 3.63) is 59.1 Å². The van der Waals surface area contributed by atoms with E-state index in [9.17, 15) is 8.78 Å². The van der Waals surface area contributed by atoms with Crippen LogP contribution in [0.15, 0.2) is 34.9 Å². The van der Waals surface area contributed by atoms with Gasteiger partial charge in [0, 0.05) is 5.56 Å². The molecule has 0 amide bonds. The SMILES string of the molecule is CCNC(c1cc(F)ccc1F)c1occc1C. The molecule has 18 heavy (non-hydrogen) atoms. The zero-order valence-electron chi connectivity index (χ0n) is 10.3. The Morgan fingerprint density at radius 3 is 2.67 bits per heavy atom. The van der Waals surface area contributed by atoms with Gasteiger partial charge in [0.15, 0.2) is 0 Å². The monoisotopic (exact) mass is 251 g/mol. The Morgan fingerprint density at radius 2 is 2.06 bits per heavy atom. The molecule has 2 aromatic rings. The Morgan fingerprint density at radius 1 is 1.28 bits per heavy atom. The first-order valence-electron chi connectivity index (χ1n) is 5.85. The predicted molar refractivity (Wildman–Crippen MR) is 65.3 cm³/mol. The van der Waals surface area contributed by atoms with Crippen molar-refractivity contribution in [1.82, 2.24) is 5.32 Å². The summed E-state index contributed by atoms with van der Waals surface area (Å²) in [5, 5.41) is 3.11. The maximum absolute atomic E-state index is 13.8. The maximum Gasteiger partial charge on any atom is 0.128 e. The number of rotatable bonds is 4. The summed E-state index contributed by atoms with van der Waals surface area (Å²) in [5.41, 5.74) is 1.17. The van der Waals surface area contributed by atoms with Crippen molar-refractivity contribution >= 4 is 0 Å². The highest BCUT2D eigenvalue weighted by molar-refractivity contribution is 5.32. The van der Waals surface area contributed by atoms with Gasteiger partial charge in [0.2, 0.25) is 0 Å². The highest BCUT2D eigenvalue weighted by Crippen LogP contribution is 2.28. The van der Waals surface area contributed by atoms with Crippen LogP contribution >= 0.6 is 0 Å². The number of benzene rings is 1. The maximum atomic E-state index is 13.8. The molecular weight excluding hydrogens is 236 g/mol. The Labute approximate surface area is 105 Å². The molecule has 0 saturated heterocycles. The number of halogens is 2. The molecule has 2 nitrogen and oxygen atoms in total. The molecule has 0 saturated carbocycles. The number of nitrogens with one attached hydrogen (secondary N) is 1. The van der Waals surface area contributed by atoms with Crippen LogP contribution in [0, 0.1) is 18.6 Å². The van der Waals surface area contributed by atoms with E-state index in [-0.39, 0.29) is 5.56 Å². The molecule has 2 rings (SSSR count). The minimum Gasteiger partial charge on any atom is -0.467 e. The molecule has 1 aromatic heterocycles. The molecule has 0 aliphatic rings. The molecule has 1 atom stereocenters. The van der Waals surface area contributed by atoms with E-state index in [1.165, 1.54) is 6.07 Å². The van der Waals surface area contributed by atoms with Crippen molar-refractivity contribution in [2.75, 3.05) is 6.54 Å². The van der Waals surface area contributed by atoms with Gasteiger partial charge in [0.05, 0.1) is 12.3 Å². The average molecular weight is 251 g/mol. The van der Waals surface area contributed by atoms with E-state index >= 15 is 0 Å². The second-order valence-electron chi connectivity index (χ2n) is 4.12. The van der Waals surface area contributed by atoms with Gasteiger partial charge in [-0.2, -0.15) is 0 Å². The van der Waals surface area contributed by atoms with Crippen LogP contribution in [0.4, 0.5) is 8.78 Å². The third-order valence-corrected chi connectivity index (χ3v) is 2.84. The van der Waals surface area contributed by atoms with Crippen molar-refractivity contribution in [2.45, 2.75) is 19.9 Å². The van der Waals surface area contributed by atoms with Crippen LogP contribution in [0.3, 0.4) is 0 Å². The van der Waals surface area contributed by atoms with E-state index in [0.717, 1.165) is 17.7 Å². The van der Waals surface area contributed by atoms with Crippen molar-refractivity contribution < 1.29 is 13.2 Å². The standard InChI is InChI=1S/C14H15F2NO/c1-3-17-13(14-9(2)6-7-18-14)11-8-10(15)4-5-12(11)16/h4-8,13,17H,3H2,1-2H3. The van der Waals surface area contributed by atoms with Gasteiger partial charge in [-0.1, -0.05) is 6.92 Å². The molecule has 0 fully saturated rings. The fourth-order valence-electron chi connectivity index (χ4n) is 1.96. The van der Waals surface area contributed by atoms with Crippen molar-refractivity contribution in [2.24, 2.45) is 0 Å². The molecule has 96 valence electrons. The lowest BCUT2D eigenvalue weighted by molar-refractivity contribution is 0.437. The normalized spacial score (nSPS) is 12.7. The third kappa shape index (κ3) is 2.43. The minimum atomic E-state index is -0.472. The highest BCUT2D eigenvalue weighted by Gasteiger charge is 2.22. The van der Waals surface area contributed by atoms with Gasteiger partial charge in [0.1, 0.15) is 17.4 Å². The molecular formula is C14H15F2NO. The van der Waals surface area contributed by atoms with Crippen molar-refractivity contribution in [3.63, 3.8) is 0 Å². The second kappa shape index (κ2) is 5.31. The molecule has 0 radical (unpaired) electrons. The molecule has 0 bridgehead atoms. The molecule has 1 aromatic carbocycles. The van der Waals surface area contributed by atoms with Crippen LogP contribution in [0.25, 0.3) is 0 Å². The Bertz CT molecular complexity index is 536. The van der Waals surface area contributed by atoms with Crippen molar-refractivity contribution in [3.8, 4) is 0 Å². The smallest absolute Gasteiger partial charge is 0.128 e. The van der Waals surface area contributed by atoms with E-state index < -0.39 is 17.7 Å². The van der Waals surface area contributed by atoms with Gasteiger partial charge in [0.25, 0.3) is 0 Å². The van der Waals surface area contributed by atoms with E-state index in [0.29, 0.717) is 12.3 Å². The topological polar surface area (TPSA) is 25.2 Å². The summed E-state index contributed by atoms with van der Waals surface area (Å²) in [7, 11) is 0. The number of hydrogen-bond acceptors (Lipinski definition) is 2. The van der Waals surface area contributed by atoms with Gasteiger partial charge in [-0.25, -0.2) is 8.78 Å². The molecule has 0 spiro atoms. The van der Waals surface area contributed by atoms with Crippen molar-refractivity contribution in [1.29, 1.82) is 0 Å². The van der Waals surface area contributed by atoms with Gasteiger partial charge in [-0.05, 0) is 43.3 Å². The van der Waals surface area contributed by atoms with Gasteiger partial charge >= 0.3 is 0 Å². The summed E-state index contributed by atoms with van der Waals surface area (Å²) in [6.45, 7) is 4.41. The lowest BCUT2D eigenvalue weighted by atomic mass is 10.0. The summed E-state index contributed by atoms with van der Waals surface area (Å²) in [6, 6.07) is 4.77. The number of furan rings is 1. The van der Waals surface area contributed by atoms with Crippen LogP contribution in [-0.4, -0.2) is 6.54 Å². The van der Waals surface area contributed by atoms with Crippen LogP contribution in [0.1, 0.15) is 29.9 Å². The molecule has 0 aliphatic carbocycles. The van der Waals surface area contributed by atoms with Crippen LogP contribution in [-0.2, 0) is 0 Å². The van der Waals surface area contributed by atoms with E-state index in [1.807, 2.05) is 13.8 Å².